The zero-order valence-electron chi connectivity index (χ0n) is 9.44. The van der Waals surface area contributed by atoms with Crippen LogP contribution >= 0.6 is 11.3 Å². The number of rotatable bonds is 5. The molecule has 3 N–H and O–H groups in total. The molecule has 0 spiro atoms. The van der Waals surface area contributed by atoms with E-state index in [1.54, 1.807) is 11.3 Å². The molecule has 3 nitrogen and oxygen atoms in total. The molecule has 0 saturated carbocycles. The van der Waals surface area contributed by atoms with Gasteiger partial charge in [-0.15, -0.1) is 11.3 Å². The lowest BCUT2D eigenvalue weighted by Crippen LogP contribution is -2.07. The molecule has 0 bridgehead atoms. The van der Waals surface area contributed by atoms with Gasteiger partial charge in [0.15, 0.2) is 0 Å². The van der Waals surface area contributed by atoms with Crippen LogP contribution in [-0.2, 0) is 6.42 Å². The lowest BCUT2D eigenvalue weighted by molar-refractivity contribution is 0.537. The topological polar surface area (TPSA) is 54.7 Å². The molecule has 2 rings (SSSR count). The first-order chi connectivity index (χ1) is 7.79. The van der Waals surface area contributed by atoms with E-state index in [-0.39, 0.29) is 0 Å². The van der Waals surface area contributed by atoms with Gasteiger partial charge in [0.2, 0.25) is 0 Å². The van der Waals surface area contributed by atoms with Crippen LogP contribution < -0.4 is 5.73 Å². The summed E-state index contributed by atoms with van der Waals surface area (Å²) in [5.41, 5.74) is 7.68. The summed E-state index contributed by atoms with van der Waals surface area (Å²) in [5, 5.41) is 3.31. The molecule has 86 valence electrons. The normalized spacial score (nSPS) is 12.9. The number of aromatic amines is 1. The van der Waals surface area contributed by atoms with E-state index in [1.165, 1.54) is 5.01 Å². The summed E-state index contributed by atoms with van der Waals surface area (Å²) in [6, 6.07) is 4.04. The fourth-order valence-corrected chi connectivity index (χ4v) is 2.66. The van der Waals surface area contributed by atoms with Gasteiger partial charge < -0.3 is 10.7 Å². The van der Waals surface area contributed by atoms with Gasteiger partial charge >= 0.3 is 0 Å². The summed E-state index contributed by atoms with van der Waals surface area (Å²) in [4.78, 5) is 7.79. The molecule has 0 fully saturated rings. The number of nitrogens with one attached hydrogen (secondary N) is 1. The van der Waals surface area contributed by atoms with Crippen LogP contribution in [0.15, 0.2) is 23.7 Å². The zero-order chi connectivity index (χ0) is 11.4. The number of nitrogens with two attached hydrogens (primary N) is 1. The average Bonchev–Trinajstić information content (AvgIpc) is 2.86. The molecule has 0 amide bonds. The lowest BCUT2D eigenvalue weighted by atomic mass is 10.1. The van der Waals surface area contributed by atoms with Gasteiger partial charge in [-0.05, 0) is 31.0 Å². The molecule has 4 heteroatoms. The first kappa shape index (κ1) is 11.4. The maximum atomic E-state index is 5.54. The van der Waals surface area contributed by atoms with Crippen molar-refractivity contribution in [3.8, 4) is 11.4 Å². The molecule has 0 aliphatic carbocycles. The van der Waals surface area contributed by atoms with Crippen LogP contribution in [0, 0.1) is 5.92 Å². The van der Waals surface area contributed by atoms with Gasteiger partial charge in [-0.25, -0.2) is 4.98 Å². The summed E-state index contributed by atoms with van der Waals surface area (Å²) < 4.78 is 0. The summed E-state index contributed by atoms with van der Waals surface area (Å²) in [6.07, 6.45) is 4.02. The second-order valence-electron chi connectivity index (χ2n) is 4.10. The van der Waals surface area contributed by atoms with Crippen LogP contribution in [0.4, 0.5) is 0 Å². The fourth-order valence-electron chi connectivity index (χ4n) is 1.70. The molecule has 2 aromatic heterocycles. The van der Waals surface area contributed by atoms with Crippen LogP contribution in [0.3, 0.4) is 0 Å². The minimum absolute atomic E-state index is 0.618. The number of H-pyrrole nitrogens is 1. The maximum Gasteiger partial charge on any atom is 0.0976 e. The van der Waals surface area contributed by atoms with Gasteiger partial charge in [-0.1, -0.05) is 6.92 Å². The van der Waals surface area contributed by atoms with Crippen molar-refractivity contribution >= 4 is 11.3 Å². The SMILES string of the molecule is CC(CCN)Cc1nc(-c2ccc[nH]2)cs1. The van der Waals surface area contributed by atoms with Gasteiger partial charge in [0.25, 0.3) is 0 Å². The Kier molecular flexibility index (Phi) is 3.74. The van der Waals surface area contributed by atoms with Gasteiger partial charge in [-0.3, -0.25) is 0 Å². The van der Waals surface area contributed by atoms with Crippen molar-refractivity contribution < 1.29 is 0 Å². The quantitative estimate of drug-likeness (QED) is 0.837. The van der Waals surface area contributed by atoms with E-state index in [1.807, 2.05) is 18.3 Å². The number of hydrogen-bond acceptors (Lipinski definition) is 3. The van der Waals surface area contributed by atoms with Gasteiger partial charge in [-0.2, -0.15) is 0 Å². The lowest BCUT2D eigenvalue weighted by Gasteiger charge is -2.06. The Morgan fingerprint density at radius 1 is 1.56 bits per heavy atom. The van der Waals surface area contributed by atoms with Crippen LogP contribution in [0.25, 0.3) is 11.4 Å². The minimum Gasteiger partial charge on any atom is -0.360 e. The van der Waals surface area contributed by atoms with E-state index in [0.717, 1.165) is 30.8 Å². The van der Waals surface area contributed by atoms with Crippen molar-refractivity contribution in [3.05, 3.63) is 28.7 Å². The molecule has 1 atom stereocenters. The Morgan fingerprint density at radius 2 is 2.44 bits per heavy atom. The van der Waals surface area contributed by atoms with Gasteiger partial charge in [0.1, 0.15) is 0 Å². The van der Waals surface area contributed by atoms with Crippen molar-refractivity contribution in [2.75, 3.05) is 6.54 Å². The van der Waals surface area contributed by atoms with Crippen LogP contribution in [-0.4, -0.2) is 16.5 Å². The first-order valence-electron chi connectivity index (χ1n) is 5.58. The highest BCUT2D eigenvalue weighted by Gasteiger charge is 2.08. The molecule has 2 aromatic rings. The van der Waals surface area contributed by atoms with Crippen molar-refractivity contribution in [1.29, 1.82) is 0 Å². The molecule has 0 aromatic carbocycles. The van der Waals surface area contributed by atoms with E-state index in [0.29, 0.717) is 5.92 Å². The van der Waals surface area contributed by atoms with E-state index in [4.69, 9.17) is 5.73 Å². The van der Waals surface area contributed by atoms with Crippen LogP contribution in [0.1, 0.15) is 18.4 Å². The monoisotopic (exact) mass is 235 g/mol. The van der Waals surface area contributed by atoms with E-state index >= 15 is 0 Å². The Bertz CT molecular complexity index is 419. The predicted octanol–water partition coefficient (Wildman–Crippen LogP) is 2.67. The summed E-state index contributed by atoms with van der Waals surface area (Å²) in [7, 11) is 0. The maximum absolute atomic E-state index is 5.54. The third kappa shape index (κ3) is 2.71. The molecule has 1 unspecified atom stereocenters. The second kappa shape index (κ2) is 5.27. The molecule has 16 heavy (non-hydrogen) atoms. The van der Waals surface area contributed by atoms with E-state index in [9.17, 15) is 0 Å². The highest BCUT2D eigenvalue weighted by atomic mass is 32.1. The van der Waals surface area contributed by atoms with E-state index < -0.39 is 0 Å². The Labute approximate surface area is 99.7 Å². The number of nitrogens with zero attached hydrogens (tertiary/aromatic N) is 1. The predicted molar refractivity (Wildman–Crippen MR) is 68.4 cm³/mol. The van der Waals surface area contributed by atoms with Crippen molar-refractivity contribution in [2.24, 2.45) is 11.7 Å². The average molecular weight is 235 g/mol. The van der Waals surface area contributed by atoms with Gasteiger partial charge in [0, 0.05) is 18.0 Å². The number of aromatic nitrogens is 2. The van der Waals surface area contributed by atoms with Crippen LogP contribution in [0.5, 0.6) is 0 Å². The fraction of sp³-hybridized carbons (Fsp3) is 0.417. The number of hydrogen-bond donors (Lipinski definition) is 2. The Morgan fingerprint density at radius 3 is 3.12 bits per heavy atom. The highest BCUT2D eigenvalue weighted by Crippen LogP contribution is 2.22. The number of thiazole rings is 1. The second-order valence-corrected chi connectivity index (χ2v) is 5.04. The third-order valence-corrected chi connectivity index (χ3v) is 3.48. The van der Waals surface area contributed by atoms with E-state index in [2.05, 4.69) is 22.3 Å². The molecule has 0 saturated heterocycles. The molecule has 2 heterocycles. The molecule has 0 aliphatic heterocycles. The minimum atomic E-state index is 0.618. The summed E-state index contributed by atoms with van der Waals surface area (Å²) >= 11 is 1.73. The highest BCUT2D eigenvalue weighted by molar-refractivity contribution is 7.09. The van der Waals surface area contributed by atoms with Crippen molar-refractivity contribution in [1.82, 2.24) is 9.97 Å². The standard InChI is InChI=1S/C12H17N3S/c1-9(4-5-13)7-12-15-11(8-16-12)10-3-2-6-14-10/h2-3,6,8-9,14H,4-5,7,13H2,1H3. The van der Waals surface area contributed by atoms with Gasteiger partial charge in [0.05, 0.1) is 16.4 Å². The van der Waals surface area contributed by atoms with Crippen molar-refractivity contribution in [3.63, 3.8) is 0 Å². The zero-order valence-corrected chi connectivity index (χ0v) is 10.3. The molecular weight excluding hydrogens is 218 g/mol. The smallest absolute Gasteiger partial charge is 0.0976 e. The van der Waals surface area contributed by atoms with Crippen molar-refractivity contribution in [2.45, 2.75) is 19.8 Å². The molecular formula is C12H17N3S. The summed E-state index contributed by atoms with van der Waals surface area (Å²) in [5.74, 6) is 0.618. The largest absolute Gasteiger partial charge is 0.360 e. The Hall–Kier alpha value is -1.13. The molecule has 0 radical (unpaired) electrons. The first-order valence-corrected chi connectivity index (χ1v) is 6.46. The Balaban J connectivity index is 2.03. The summed E-state index contributed by atoms with van der Waals surface area (Å²) in [6.45, 7) is 2.98. The molecule has 0 aliphatic rings. The third-order valence-electron chi connectivity index (χ3n) is 2.61. The van der Waals surface area contributed by atoms with Crippen LogP contribution in [0.2, 0.25) is 0 Å².